The van der Waals surface area contributed by atoms with Gasteiger partial charge in [0.2, 0.25) is 5.91 Å². The highest BCUT2D eigenvalue weighted by Gasteiger charge is 2.23. The molecule has 1 unspecified atom stereocenters. The van der Waals surface area contributed by atoms with Gasteiger partial charge in [-0.15, -0.1) is 0 Å². The SMILES string of the molecule is CNC(=O)C(NC(=O)c1cnn2cc(C)ccc12)c1ccccc1. The van der Waals surface area contributed by atoms with Crippen LogP contribution in [0.4, 0.5) is 0 Å². The third kappa shape index (κ3) is 2.99. The third-order valence-electron chi connectivity index (χ3n) is 3.83. The topological polar surface area (TPSA) is 75.5 Å². The fraction of sp³-hybridized carbons (Fsp3) is 0.167. The highest BCUT2D eigenvalue weighted by Crippen LogP contribution is 2.16. The Bertz CT molecular complexity index is 886. The van der Waals surface area contributed by atoms with Gasteiger partial charge in [0.05, 0.1) is 17.3 Å². The van der Waals surface area contributed by atoms with Crippen LogP contribution in [0.1, 0.15) is 27.5 Å². The second-order valence-corrected chi connectivity index (χ2v) is 5.53. The molecule has 1 atom stereocenters. The van der Waals surface area contributed by atoms with Crippen LogP contribution in [0.15, 0.2) is 54.9 Å². The summed E-state index contributed by atoms with van der Waals surface area (Å²) in [6.07, 6.45) is 3.36. The Balaban J connectivity index is 1.91. The van der Waals surface area contributed by atoms with Gasteiger partial charge in [-0.2, -0.15) is 5.10 Å². The van der Waals surface area contributed by atoms with Crippen LogP contribution in [-0.2, 0) is 4.79 Å². The van der Waals surface area contributed by atoms with Crippen molar-refractivity contribution in [2.24, 2.45) is 0 Å². The quantitative estimate of drug-likeness (QED) is 0.770. The number of likely N-dealkylation sites (N-methyl/N-ethyl adjacent to an activating group) is 1. The summed E-state index contributed by atoms with van der Waals surface area (Å²) in [6, 6.07) is 12.1. The molecule has 6 heteroatoms. The smallest absolute Gasteiger partial charge is 0.256 e. The number of aromatic nitrogens is 2. The van der Waals surface area contributed by atoms with Crippen molar-refractivity contribution in [2.75, 3.05) is 7.05 Å². The van der Waals surface area contributed by atoms with Crippen LogP contribution in [0.2, 0.25) is 0 Å². The Morgan fingerprint density at radius 2 is 1.88 bits per heavy atom. The minimum atomic E-state index is -0.760. The van der Waals surface area contributed by atoms with Crippen LogP contribution in [0.3, 0.4) is 0 Å². The lowest BCUT2D eigenvalue weighted by Crippen LogP contribution is -2.39. The summed E-state index contributed by atoms with van der Waals surface area (Å²) in [6.45, 7) is 1.96. The normalized spacial score (nSPS) is 11.9. The number of benzene rings is 1. The molecule has 6 nitrogen and oxygen atoms in total. The lowest BCUT2D eigenvalue weighted by Gasteiger charge is -2.17. The number of nitrogens with zero attached hydrogens (tertiary/aromatic N) is 2. The van der Waals surface area contributed by atoms with Gasteiger partial charge in [0.1, 0.15) is 6.04 Å². The van der Waals surface area contributed by atoms with Crippen molar-refractivity contribution >= 4 is 17.3 Å². The van der Waals surface area contributed by atoms with Crippen LogP contribution in [0.25, 0.3) is 5.52 Å². The van der Waals surface area contributed by atoms with Gasteiger partial charge >= 0.3 is 0 Å². The monoisotopic (exact) mass is 322 g/mol. The number of amides is 2. The standard InChI is InChI=1S/C18H18N4O2/c1-12-8-9-15-14(10-20-22(15)11-12)17(23)21-16(18(24)19-2)13-6-4-3-5-7-13/h3-11,16H,1-2H3,(H,19,24)(H,21,23). The van der Waals surface area contributed by atoms with Crippen molar-refractivity contribution in [3.8, 4) is 0 Å². The van der Waals surface area contributed by atoms with Gasteiger partial charge in [-0.1, -0.05) is 36.4 Å². The molecule has 0 aliphatic carbocycles. The summed E-state index contributed by atoms with van der Waals surface area (Å²) in [5.41, 5.74) is 2.89. The molecule has 0 saturated carbocycles. The second kappa shape index (κ2) is 6.54. The van der Waals surface area contributed by atoms with Crippen LogP contribution >= 0.6 is 0 Å². The first-order valence-electron chi connectivity index (χ1n) is 7.61. The first-order valence-corrected chi connectivity index (χ1v) is 7.61. The summed E-state index contributed by atoms with van der Waals surface area (Å²) < 4.78 is 1.65. The zero-order valence-corrected chi connectivity index (χ0v) is 13.5. The first-order chi connectivity index (χ1) is 11.6. The number of fused-ring (bicyclic) bond motifs is 1. The Morgan fingerprint density at radius 1 is 1.12 bits per heavy atom. The van der Waals surface area contributed by atoms with Gasteiger partial charge in [-0.3, -0.25) is 9.59 Å². The fourth-order valence-corrected chi connectivity index (χ4v) is 2.56. The van der Waals surface area contributed by atoms with E-state index in [0.717, 1.165) is 11.1 Å². The number of aryl methyl sites for hydroxylation is 1. The highest BCUT2D eigenvalue weighted by molar-refractivity contribution is 6.02. The van der Waals surface area contributed by atoms with Crippen LogP contribution < -0.4 is 10.6 Å². The largest absolute Gasteiger partial charge is 0.357 e. The zero-order chi connectivity index (χ0) is 17.1. The molecule has 2 N–H and O–H groups in total. The molecule has 0 bridgehead atoms. The number of nitrogens with one attached hydrogen (secondary N) is 2. The van der Waals surface area contributed by atoms with Gasteiger partial charge in [-0.05, 0) is 24.1 Å². The minimum Gasteiger partial charge on any atom is -0.357 e. The Labute approximate surface area is 139 Å². The van der Waals surface area contributed by atoms with E-state index in [1.54, 1.807) is 23.7 Å². The zero-order valence-electron chi connectivity index (χ0n) is 13.5. The van der Waals surface area contributed by atoms with E-state index < -0.39 is 6.04 Å². The molecule has 0 radical (unpaired) electrons. The van der Waals surface area contributed by atoms with Gasteiger partial charge < -0.3 is 10.6 Å². The van der Waals surface area contributed by atoms with Gasteiger partial charge in [0.25, 0.3) is 5.91 Å². The molecule has 0 fully saturated rings. The van der Waals surface area contributed by atoms with Crippen molar-refractivity contribution in [3.05, 3.63) is 71.5 Å². The summed E-state index contributed by atoms with van der Waals surface area (Å²) in [5.74, 6) is -0.617. The molecule has 2 aromatic heterocycles. The third-order valence-corrected chi connectivity index (χ3v) is 3.83. The number of rotatable bonds is 4. The number of carbonyl (C=O) groups is 2. The molecule has 3 rings (SSSR count). The van der Waals surface area contributed by atoms with E-state index in [4.69, 9.17) is 0 Å². The number of hydrogen-bond acceptors (Lipinski definition) is 3. The molecular formula is C18H18N4O2. The molecule has 0 aliphatic heterocycles. The molecule has 0 aliphatic rings. The molecule has 1 aromatic carbocycles. The predicted molar refractivity (Wildman–Crippen MR) is 90.6 cm³/mol. The molecule has 122 valence electrons. The van der Waals surface area contributed by atoms with Gasteiger partial charge in [0, 0.05) is 13.2 Å². The molecule has 2 amide bonds. The van der Waals surface area contributed by atoms with E-state index in [2.05, 4.69) is 15.7 Å². The van der Waals surface area contributed by atoms with Crippen molar-refractivity contribution in [1.82, 2.24) is 20.2 Å². The average molecular weight is 322 g/mol. The predicted octanol–water partition coefficient (Wildman–Crippen LogP) is 1.86. The Hall–Kier alpha value is -3.15. The average Bonchev–Trinajstić information content (AvgIpc) is 3.02. The second-order valence-electron chi connectivity index (χ2n) is 5.53. The first kappa shape index (κ1) is 15.7. The molecule has 24 heavy (non-hydrogen) atoms. The van der Waals surface area contributed by atoms with E-state index in [1.165, 1.54) is 6.20 Å². The fourth-order valence-electron chi connectivity index (χ4n) is 2.56. The maximum absolute atomic E-state index is 12.7. The highest BCUT2D eigenvalue weighted by atomic mass is 16.2. The lowest BCUT2D eigenvalue weighted by atomic mass is 10.1. The van der Waals surface area contributed by atoms with E-state index in [-0.39, 0.29) is 11.8 Å². The van der Waals surface area contributed by atoms with E-state index >= 15 is 0 Å². The summed E-state index contributed by atoms with van der Waals surface area (Å²) in [4.78, 5) is 24.8. The van der Waals surface area contributed by atoms with Crippen LogP contribution in [0, 0.1) is 6.92 Å². The molecule has 3 aromatic rings. The van der Waals surface area contributed by atoms with Crippen LogP contribution in [0.5, 0.6) is 0 Å². The van der Waals surface area contributed by atoms with Crippen molar-refractivity contribution in [2.45, 2.75) is 13.0 Å². The van der Waals surface area contributed by atoms with Crippen LogP contribution in [-0.4, -0.2) is 28.5 Å². The summed E-state index contributed by atoms with van der Waals surface area (Å²) in [5, 5.41) is 9.57. The van der Waals surface area contributed by atoms with Crippen molar-refractivity contribution in [3.63, 3.8) is 0 Å². The Kier molecular flexibility index (Phi) is 4.29. The number of hydrogen-bond donors (Lipinski definition) is 2. The van der Waals surface area contributed by atoms with Crippen molar-refractivity contribution in [1.29, 1.82) is 0 Å². The maximum Gasteiger partial charge on any atom is 0.256 e. The van der Waals surface area contributed by atoms with Crippen molar-refractivity contribution < 1.29 is 9.59 Å². The lowest BCUT2D eigenvalue weighted by molar-refractivity contribution is -0.122. The van der Waals surface area contributed by atoms with E-state index in [9.17, 15) is 9.59 Å². The number of pyridine rings is 1. The minimum absolute atomic E-state index is 0.276. The Morgan fingerprint density at radius 3 is 2.58 bits per heavy atom. The molecule has 0 spiro atoms. The van der Waals surface area contributed by atoms with E-state index in [1.807, 2.05) is 43.5 Å². The van der Waals surface area contributed by atoms with Gasteiger partial charge in [0.15, 0.2) is 0 Å². The molecular weight excluding hydrogens is 304 g/mol. The summed E-state index contributed by atoms with van der Waals surface area (Å²) in [7, 11) is 1.54. The number of carbonyl (C=O) groups excluding carboxylic acids is 2. The molecule has 2 heterocycles. The van der Waals surface area contributed by atoms with Gasteiger partial charge in [-0.25, -0.2) is 4.52 Å². The molecule has 0 saturated heterocycles. The maximum atomic E-state index is 12.7. The van der Waals surface area contributed by atoms with E-state index in [0.29, 0.717) is 11.1 Å². The summed E-state index contributed by atoms with van der Waals surface area (Å²) >= 11 is 0.